The minimum Gasteiger partial charge on any atom is -0.493 e. The number of carbonyl (C=O) groups is 1. The first kappa shape index (κ1) is 29.2. The van der Waals surface area contributed by atoms with Crippen LogP contribution in [0.5, 0.6) is 17.2 Å². The van der Waals surface area contributed by atoms with Crippen LogP contribution in [0.4, 0.5) is 5.69 Å². The van der Waals surface area contributed by atoms with Crippen molar-refractivity contribution in [2.45, 2.75) is 18.4 Å². The Morgan fingerprint density at radius 3 is 2.22 bits per heavy atom. The highest BCUT2D eigenvalue weighted by Gasteiger charge is 2.28. The van der Waals surface area contributed by atoms with Gasteiger partial charge >= 0.3 is 0 Å². The number of methoxy groups -OCH3 is 2. The van der Waals surface area contributed by atoms with Crippen LogP contribution in [-0.4, -0.2) is 41.3 Å². The van der Waals surface area contributed by atoms with Gasteiger partial charge in [-0.1, -0.05) is 48.0 Å². The Kier molecular flexibility index (Phi) is 9.60. The van der Waals surface area contributed by atoms with Crippen LogP contribution in [-0.2, 0) is 21.4 Å². The lowest BCUT2D eigenvalue weighted by Gasteiger charge is -2.24. The number of carbonyl (C=O) groups excluding carboxylic acids is 1. The van der Waals surface area contributed by atoms with Crippen molar-refractivity contribution in [2.24, 2.45) is 5.10 Å². The van der Waals surface area contributed by atoms with Gasteiger partial charge < -0.3 is 14.2 Å². The molecule has 1 N–H and O–H groups in total. The molecule has 4 aromatic carbocycles. The second-order valence-electron chi connectivity index (χ2n) is 9.00. The number of sulfonamides is 1. The van der Waals surface area contributed by atoms with Crippen molar-refractivity contribution in [1.29, 1.82) is 0 Å². The number of anilines is 1. The van der Waals surface area contributed by atoms with Gasteiger partial charge in [0.05, 0.1) is 31.0 Å². The molecule has 0 unspecified atom stereocenters. The molecule has 0 spiro atoms. The van der Waals surface area contributed by atoms with E-state index in [4.69, 9.17) is 14.2 Å². The third-order valence-electron chi connectivity index (χ3n) is 6.08. The third kappa shape index (κ3) is 7.64. The Hall–Kier alpha value is -4.83. The van der Waals surface area contributed by atoms with Crippen LogP contribution in [0.2, 0.25) is 0 Å². The van der Waals surface area contributed by atoms with E-state index < -0.39 is 22.5 Å². The molecule has 41 heavy (non-hydrogen) atoms. The van der Waals surface area contributed by atoms with Crippen molar-refractivity contribution in [2.75, 3.05) is 25.1 Å². The molecule has 0 fully saturated rings. The minimum absolute atomic E-state index is 0.0451. The maximum Gasteiger partial charge on any atom is 0.264 e. The van der Waals surface area contributed by atoms with E-state index in [1.54, 1.807) is 48.5 Å². The molecular weight excluding hydrogens is 542 g/mol. The van der Waals surface area contributed by atoms with Gasteiger partial charge in [0.2, 0.25) is 0 Å². The van der Waals surface area contributed by atoms with Crippen molar-refractivity contribution in [1.82, 2.24) is 5.43 Å². The number of amides is 1. The first-order valence-corrected chi connectivity index (χ1v) is 14.1. The molecule has 0 atom stereocenters. The number of nitrogens with zero attached hydrogens (tertiary/aromatic N) is 2. The molecule has 0 aromatic heterocycles. The summed E-state index contributed by atoms with van der Waals surface area (Å²) in [5.74, 6) is 0.814. The van der Waals surface area contributed by atoms with Gasteiger partial charge in [-0.05, 0) is 66.6 Å². The van der Waals surface area contributed by atoms with E-state index in [0.717, 1.165) is 21.0 Å². The van der Waals surface area contributed by atoms with Crippen LogP contribution in [0.1, 0.15) is 16.7 Å². The number of benzene rings is 4. The smallest absolute Gasteiger partial charge is 0.264 e. The van der Waals surface area contributed by atoms with Gasteiger partial charge in [0.15, 0.2) is 11.5 Å². The number of ether oxygens (including phenoxy) is 3. The van der Waals surface area contributed by atoms with Gasteiger partial charge in [-0.3, -0.25) is 9.10 Å². The number of rotatable bonds is 12. The van der Waals surface area contributed by atoms with Gasteiger partial charge in [-0.2, -0.15) is 5.10 Å². The van der Waals surface area contributed by atoms with E-state index in [9.17, 15) is 13.2 Å². The summed E-state index contributed by atoms with van der Waals surface area (Å²) in [5.41, 5.74) is 5.34. The van der Waals surface area contributed by atoms with Crippen LogP contribution in [0.3, 0.4) is 0 Å². The molecule has 1 amide bonds. The van der Waals surface area contributed by atoms with Crippen molar-refractivity contribution >= 4 is 27.8 Å². The van der Waals surface area contributed by atoms with Crippen molar-refractivity contribution in [3.8, 4) is 17.2 Å². The fraction of sp³-hybridized carbons (Fsp3) is 0.161. The lowest BCUT2D eigenvalue weighted by atomic mass is 10.2. The monoisotopic (exact) mass is 573 g/mol. The first-order chi connectivity index (χ1) is 19.8. The van der Waals surface area contributed by atoms with Crippen LogP contribution < -0.4 is 23.9 Å². The quantitative estimate of drug-likeness (QED) is 0.190. The number of hydrogen-bond donors (Lipinski definition) is 1. The van der Waals surface area contributed by atoms with Crippen molar-refractivity contribution in [3.63, 3.8) is 0 Å². The van der Waals surface area contributed by atoms with Gasteiger partial charge in [0.1, 0.15) is 18.9 Å². The highest BCUT2D eigenvalue weighted by atomic mass is 32.2. The Morgan fingerprint density at radius 2 is 1.56 bits per heavy atom. The first-order valence-electron chi connectivity index (χ1n) is 12.7. The largest absolute Gasteiger partial charge is 0.493 e. The third-order valence-corrected chi connectivity index (χ3v) is 7.87. The van der Waals surface area contributed by atoms with Gasteiger partial charge in [-0.15, -0.1) is 0 Å². The van der Waals surface area contributed by atoms with Gasteiger partial charge in [0.25, 0.3) is 15.9 Å². The molecule has 0 bridgehead atoms. The standard InChI is InChI=1S/C31H31N3O6S/c1-23-9-16-28(17-10-23)41(36,37)34(26-13-18-29(38-2)30(19-26)39-3)21-31(35)33-32-20-24-11-14-27(15-12-24)40-22-25-7-5-4-6-8-25/h4-20H,21-22H2,1-3H3,(H,33,35)/b32-20-. The van der Waals surface area contributed by atoms with Crippen LogP contribution in [0.15, 0.2) is 107 Å². The van der Waals surface area contributed by atoms with Crippen LogP contribution in [0, 0.1) is 6.92 Å². The molecule has 0 aliphatic carbocycles. The van der Waals surface area contributed by atoms with E-state index in [0.29, 0.717) is 23.9 Å². The molecule has 0 aliphatic rings. The topological polar surface area (TPSA) is 107 Å². The van der Waals surface area contributed by atoms with E-state index in [-0.39, 0.29) is 10.6 Å². The molecule has 212 valence electrons. The minimum atomic E-state index is -4.11. The normalized spacial score (nSPS) is 11.2. The highest BCUT2D eigenvalue weighted by Crippen LogP contribution is 2.33. The summed E-state index contributed by atoms with van der Waals surface area (Å²) in [6.45, 7) is 1.79. The maximum absolute atomic E-state index is 13.6. The average molecular weight is 574 g/mol. The fourth-order valence-electron chi connectivity index (χ4n) is 3.87. The SMILES string of the molecule is COc1ccc(N(CC(=O)N/N=C\c2ccc(OCc3ccccc3)cc2)S(=O)(=O)c2ccc(C)cc2)cc1OC. The Balaban J connectivity index is 1.46. The van der Waals surface area contributed by atoms with Crippen molar-refractivity contribution in [3.05, 3.63) is 114 Å². The van der Waals surface area contributed by atoms with E-state index >= 15 is 0 Å². The lowest BCUT2D eigenvalue weighted by Crippen LogP contribution is -2.39. The Bertz CT molecular complexity index is 1590. The molecule has 9 nitrogen and oxygen atoms in total. The number of aryl methyl sites for hydroxylation is 1. The Morgan fingerprint density at radius 1 is 0.878 bits per heavy atom. The number of nitrogens with one attached hydrogen (secondary N) is 1. The molecule has 10 heteroatoms. The molecule has 0 aliphatic heterocycles. The van der Waals surface area contributed by atoms with E-state index in [2.05, 4.69) is 10.5 Å². The number of hydrogen-bond acceptors (Lipinski definition) is 7. The highest BCUT2D eigenvalue weighted by molar-refractivity contribution is 7.92. The molecule has 0 saturated heterocycles. The zero-order chi connectivity index (χ0) is 29.2. The summed E-state index contributed by atoms with van der Waals surface area (Å²) in [6, 6.07) is 28.1. The zero-order valence-electron chi connectivity index (χ0n) is 23.0. The summed E-state index contributed by atoms with van der Waals surface area (Å²) in [5, 5.41) is 4.01. The molecular formula is C31H31N3O6S. The number of hydrazone groups is 1. The van der Waals surface area contributed by atoms with E-state index in [1.165, 1.54) is 38.6 Å². The summed E-state index contributed by atoms with van der Waals surface area (Å²) in [4.78, 5) is 12.9. The average Bonchev–Trinajstić information content (AvgIpc) is 2.99. The zero-order valence-corrected chi connectivity index (χ0v) is 23.8. The van der Waals surface area contributed by atoms with Crippen molar-refractivity contribution < 1.29 is 27.4 Å². The predicted molar refractivity (Wildman–Crippen MR) is 158 cm³/mol. The molecule has 0 heterocycles. The summed E-state index contributed by atoms with van der Waals surface area (Å²) in [7, 11) is -1.18. The van der Waals surface area contributed by atoms with Crippen LogP contribution in [0.25, 0.3) is 0 Å². The summed E-state index contributed by atoms with van der Waals surface area (Å²) < 4.78 is 44.7. The molecule has 4 rings (SSSR count). The molecule has 4 aromatic rings. The Labute approximate surface area is 240 Å². The predicted octanol–water partition coefficient (Wildman–Crippen LogP) is 4.94. The molecule has 0 saturated carbocycles. The fourth-order valence-corrected chi connectivity index (χ4v) is 5.28. The van der Waals surface area contributed by atoms with Gasteiger partial charge in [-0.25, -0.2) is 13.8 Å². The van der Waals surface area contributed by atoms with Gasteiger partial charge in [0, 0.05) is 6.07 Å². The summed E-state index contributed by atoms with van der Waals surface area (Å²) in [6.07, 6.45) is 1.47. The lowest BCUT2D eigenvalue weighted by molar-refractivity contribution is -0.119. The second-order valence-corrected chi connectivity index (χ2v) is 10.9. The van der Waals surface area contributed by atoms with E-state index in [1.807, 2.05) is 37.3 Å². The molecule has 0 radical (unpaired) electrons. The maximum atomic E-state index is 13.6. The second kappa shape index (κ2) is 13.5. The van der Waals surface area contributed by atoms with Crippen LogP contribution >= 0.6 is 0 Å². The summed E-state index contributed by atoms with van der Waals surface area (Å²) >= 11 is 0.